The fourth-order valence-corrected chi connectivity index (χ4v) is 2.33. The van der Waals surface area contributed by atoms with Crippen LogP contribution in [0, 0.1) is 10.1 Å². The van der Waals surface area contributed by atoms with E-state index in [1.54, 1.807) is 6.07 Å². The standard InChI is InChI=1S/C13H12N2O5/c1-7(16)10-11(14(2)13(18)12(10)17)8-5-3-4-6-9(8)15(19)20/h3-6,11,17H,1-2H3/t11-/m0/s1. The molecular formula is C13H12N2O5. The van der Waals surface area contributed by atoms with Crippen molar-refractivity contribution in [3.63, 3.8) is 0 Å². The molecule has 0 aliphatic carbocycles. The molecule has 0 fully saturated rings. The zero-order valence-electron chi connectivity index (χ0n) is 10.9. The second-order valence-electron chi connectivity index (χ2n) is 4.45. The Kier molecular flexibility index (Phi) is 3.27. The summed E-state index contributed by atoms with van der Waals surface area (Å²) in [7, 11) is 1.38. The molecule has 0 saturated carbocycles. The highest BCUT2D eigenvalue weighted by Gasteiger charge is 2.42. The monoisotopic (exact) mass is 276 g/mol. The first kappa shape index (κ1) is 13.7. The predicted molar refractivity (Wildman–Crippen MR) is 68.9 cm³/mol. The smallest absolute Gasteiger partial charge is 0.289 e. The van der Waals surface area contributed by atoms with E-state index in [9.17, 15) is 24.8 Å². The minimum Gasteiger partial charge on any atom is -0.503 e. The average molecular weight is 276 g/mol. The van der Waals surface area contributed by atoms with Gasteiger partial charge in [-0.25, -0.2) is 0 Å². The SMILES string of the molecule is CC(=O)C1=C(O)C(=O)N(C)[C@H]1c1ccccc1[N+](=O)[O-]. The minimum absolute atomic E-state index is 0.119. The van der Waals surface area contributed by atoms with Crippen LogP contribution in [0.25, 0.3) is 0 Å². The molecule has 1 N–H and O–H groups in total. The molecule has 1 heterocycles. The van der Waals surface area contributed by atoms with E-state index in [0.29, 0.717) is 0 Å². The third-order valence-corrected chi connectivity index (χ3v) is 3.25. The summed E-state index contributed by atoms with van der Waals surface area (Å²) in [5.41, 5.74) is -0.125. The Hall–Kier alpha value is -2.70. The fourth-order valence-electron chi connectivity index (χ4n) is 2.33. The Morgan fingerprint density at radius 1 is 1.40 bits per heavy atom. The van der Waals surface area contributed by atoms with Crippen LogP contribution in [0.3, 0.4) is 0 Å². The number of Topliss-reactive ketones (excluding diaryl/α,β-unsaturated/α-hetero) is 1. The minimum atomic E-state index is -0.943. The summed E-state index contributed by atoms with van der Waals surface area (Å²) < 4.78 is 0. The van der Waals surface area contributed by atoms with Crippen LogP contribution < -0.4 is 0 Å². The maximum atomic E-state index is 11.8. The number of rotatable bonds is 3. The number of nitro groups is 1. The first-order valence-electron chi connectivity index (χ1n) is 5.80. The number of hydrogen-bond donors (Lipinski definition) is 1. The van der Waals surface area contributed by atoms with Crippen molar-refractivity contribution >= 4 is 17.4 Å². The van der Waals surface area contributed by atoms with Crippen molar-refractivity contribution in [1.29, 1.82) is 0 Å². The second-order valence-corrected chi connectivity index (χ2v) is 4.45. The number of aliphatic hydroxyl groups excluding tert-OH is 1. The lowest BCUT2D eigenvalue weighted by Crippen LogP contribution is -2.27. The van der Waals surface area contributed by atoms with Gasteiger partial charge in [0.2, 0.25) is 0 Å². The molecule has 1 aromatic rings. The highest BCUT2D eigenvalue weighted by atomic mass is 16.6. The largest absolute Gasteiger partial charge is 0.503 e. The van der Waals surface area contributed by atoms with Gasteiger partial charge in [0.15, 0.2) is 11.5 Å². The van der Waals surface area contributed by atoms with E-state index >= 15 is 0 Å². The molecule has 0 aromatic heterocycles. The Morgan fingerprint density at radius 2 is 2.00 bits per heavy atom. The van der Waals surface area contributed by atoms with Gasteiger partial charge in [-0.2, -0.15) is 0 Å². The van der Waals surface area contributed by atoms with E-state index in [1.807, 2.05) is 0 Å². The quantitative estimate of drug-likeness (QED) is 0.666. The number of benzene rings is 1. The molecule has 1 aliphatic heterocycles. The van der Waals surface area contributed by atoms with Crippen molar-refractivity contribution in [2.75, 3.05) is 7.05 Å². The van der Waals surface area contributed by atoms with E-state index in [4.69, 9.17) is 0 Å². The summed E-state index contributed by atoms with van der Waals surface area (Å²) in [6, 6.07) is 4.89. The number of carbonyl (C=O) groups is 2. The Labute approximate surface area is 114 Å². The van der Waals surface area contributed by atoms with Crippen LogP contribution in [0.1, 0.15) is 18.5 Å². The highest BCUT2D eigenvalue weighted by molar-refractivity contribution is 6.08. The molecule has 1 aliphatic rings. The molecule has 0 radical (unpaired) electrons. The van der Waals surface area contributed by atoms with Crippen molar-refractivity contribution in [3.8, 4) is 0 Å². The zero-order chi connectivity index (χ0) is 15.0. The molecule has 0 saturated heterocycles. The summed E-state index contributed by atoms with van der Waals surface area (Å²) in [6.45, 7) is 1.21. The number of ketones is 1. The van der Waals surface area contributed by atoms with Gasteiger partial charge in [0.1, 0.15) is 0 Å². The molecule has 20 heavy (non-hydrogen) atoms. The van der Waals surface area contributed by atoms with Gasteiger partial charge in [-0.05, 0) is 13.0 Å². The normalized spacial score (nSPS) is 18.6. The average Bonchev–Trinajstić information content (AvgIpc) is 2.63. The van der Waals surface area contributed by atoms with Crippen LogP contribution in [0.4, 0.5) is 5.69 Å². The molecule has 104 valence electrons. The number of hydrogen-bond acceptors (Lipinski definition) is 5. The summed E-state index contributed by atoms with van der Waals surface area (Å²) in [4.78, 5) is 35.0. The van der Waals surface area contributed by atoms with E-state index < -0.39 is 28.4 Å². The number of para-hydroxylation sites is 1. The summed E-state index contributed by atoms with van der Waals surface area (Å²) in [5, 5.41) is 20.8. The van der Waals surface area contributed by atoms with Crippen LogP contribution >= 0.6 is 0 Å². The van der Waals surface area contributed by atoms with E-state index in [2.05, 4.69) is 0 Å². The number of amides is 1. The van der Waals surface area contributed by atoms with E-state index in [0.717, 1.165) is 4.90 Å². The Balaban J connectivity index is 2.66. The van der Waals surface area contributed by atoms with Crippen LogP contribution in [0.15, 0.2) is 35.6 Å². The summed E-state index contributed by atoms with van der Waals surface area (Å²) >= 11 is 0. The molecule has 2 rings (SSSR count). The summed E-state index contributed by atoms with van der Waals surface area (Å²) in [5.74, 6) is -1.87. The lowest BCUT2D eigenvalue weighted by atomic mass is 9.95. The Morgan fingerprint density at radius 3 is 2.55 bits per heavy atom. The molecule has 1 atom stereocenters. The predicted octanol–water partition coefficient (Wildman–Crippen LogP) is 1.51. The highest BCUT2D eigenvalue weighted by Crippen LogP contribution is 2.39. The van der Waals surface area contributed by atoms with E-state index in [-0.39, 0.29) is 16.8 Å². The number of carbonyl (C=O) groups excluding carboxylic acids is 2. The van der Waals surface area contributed by atoms with Gasteiger partial charge in [0.05, 0.1) is 22.1 Å². The number of nitrogens with zero attached hydrogens (tertiary/aromatic N) is 2. The van der Waals surface area contributed by atoms with Crippen molar-refractivity contribution in [2.24, 2.45) is 0 Å². The lowest BCUT2D eigenvalue weighted by molar-refractivity contribution is -0.385. The maximum absolute atomic E-state index is 11.8. The van der Waals surface area contributed by atoms with Crippen LogP contribution in [0.2, 0.25) is 0 Å². The lowest BCUT2D eigenvalue weighted by Gasteiger charge is -2.21. The molecule has 0 unspecified atom stereocenters. The Bertz CT molecular complexity index is 650. The van der Waals surface area contributed by atoms with Gasteiger partial charge < -0.3 is 10.0 Å². The molecule has 1 aromatic carbocycles. The van der Waals surface area contributed by atoms with Gasteiger partial charge in [-0.1, -0.05) is 12.1 Å². The second kappa shape index (κ2) is 4.76. The zero-order valence-corrected chi connectivity index (χ0v) is 10.9. The molecule has 7 heteroatoms. The van der Waals surface area contributed by atoms with Gasteiger partial charge in [-0.3, -0.25) is 19.7 Å². The van der Waals surface area contributed by atoms with Gasteiger partial charge in [-0.15, -0.1) is 0 Å². The fraction of sp³-hybridized carbons (Fsp3) is 0.231. The molecule has 0 spiro atoms. The third kappa shape index (κ3) is 1.93. The van der Waals surface area contributed by atoms with Gasteiger partial charge in [0, 0.05) is 13.1 Å². The first-order valence-corrected chi connectivity index (χ1v) is 5.80. The number of nitro benzene ring substituents is 1. The van der Waals surface area contributed by atoms with Crippen molar-refractivity contribution < 1.29 is 19.6 Å². The van der Waals surface area contributed by atoms with Crippen molar-refractivity contribution in [2.45, 2.75) is 13.0 Å². The maximum Gasteiger partial charge on any atom is 0.289 e. The number of likely N-dealkylation sites (N-methyl/N-ethyl adjacent to an activating group) is 1. The van der Waals surface area contributed by atoms with Crippen molar-refractivity contribution in [3.05, 3.63) is 51.3 Å². The third-order valence-electron chi connectivity index (χ3n) is 3.25. The number of aliphatic hydroxyl groups is 1. The molecule has 7 nitrogen and oxygen atoms in total. The van der Waals surface area contributed by atoms with Crippen molar-refractivity contribution in [1.82, 2.24) is 4.90 Å². The van der Waals surface area contributed by atoms with Gasteiger partial charge >= 0.3 is 0 Å². The van der Waals surface area contributed by atoms with E-state index in [1.165, 1.54) is 32.2 Å². The van der Waals surface area contributed by atoms with Crippen LogP contribution in [-0.4, -0.2) is 33.7 Å². The molecule has 0 bridgehead atoms. The van der Waals surface area contributed by atoms with Gasteiger partial charge in [0.25, 0.3) is 11.6 Å². The van der Waals surface area contributed by atoms with Crippen LogP contribution in [-0.2, 0) is 9.59 Å². The van der Waals surface area contributed by atoms with Crippen LogP contribution in [0.5, 0.6) is 0 Å². The topological polar surface area (TPSA) is 101 Å². The summed E-state index contributed by atoms with van der Waals surface area (Å²) in [6.07, 6.45) is 0. The molecule has 1 amide bonds. The molecular weight excluding hydrogens is 264 g/mol. The first-order chi connectivity index (χ1) is 9.36.